The molecule has 3 heteroatoms. The maximum atomic E-state index is 9.96. The molecule has 0 aromatic heterocycles. The van der Waals surface area contributed by atoms with Crippen LogP contribution in [0.2, 0.25) is 0 Å². The van der Waals surface area contributed by atoms with E-state index in [9.17, 15) is 5.11 Å². The zero-order chi connectivity index (χ0) is 12.8. The lowest BCUT2D eigenvalue weighted by Gasteiger charge is -2.25. The molecule has 1 heterocycles. The lowest BCUT2D eigenvalue weighted by Crippen LogP contribution is -2.37. The van der Waals surface area contributed by atoms with Gasteiger partial charge in [-0.2, -0.15) is 0 Å². The molecule has 0 amide bonds. The minimum absolute atomic E-state index is 0.352. The molecular weight excluding hydrogens is 226 g/mol. The lowest BCUT2D eigenvalue weighted by molar-refractivity contribution is 0.0711. The predicted octanol–water partition coefficient (Wildman–Crippen LogP) is 2.00. The smallest absolute Gasteiger partial charge is 0.122 e. The Labute approximate surface area is 109 Å². The van der Waals surface area contributed by atoms with Gasteiger partial charge in [-0.1, -0.05) is 30.4 Å². The van der Waals surface area contributed by atoms with Crippen LogP contribution in [0.25, 0.3) is 0 Å². The van der Waals surface area contributed by atoms with E-state index >= 15 is 0 Å². The number of para-hydroxylation sites is 1. The van der Waals surface area contributed by atoms with E-state index < -0.39 is 6.10 Å². The Kier molecular flexibility index (Phi) is 4.79. The van der Waals surface area contributed by atoms with Gasteiger partial charge in [0.15, 0.2) is 0 Å². The number of ether oxygens (including phenoxy) is 1. The first-order chi connectivity index (χ1) is 8.75. The van der Waals surface area contributed by atoms with Crippen molar-refractivity contribution in [3.8, 4) is 5.75 Å². The summed E-state index contributed by atoms with van der Waals surface area (Å²) in [5, 5.41) is 9.96. The average molecular weight is 247 g/mol. The van der Waals surface area contributed by atoms with Crippen LogP contribution in [-0.2, 0) is 0 Å². The summed E-state index contributed by atoms with van der Waals surface area (Å²) in [5.74, 6) is 0.857. The number of aliphatic hydroxyl groups excluding tert-OH is 1. The highest BCUT2D eigenvalue weighted by Crippen LogP contribution is 2.16. The van der Waals surface area contributed by atoms with Gasteiger partial charge in [-0.3, -0.25) is 4.90 Å². The van der Waals surface area contributed by atoms with Crippen molar-refractivity contribution in [3.63, 3.8) is 0 Å². The molecule has 0 saturated carbocycles. The summed E-state index contributed by atoms with van der Waals surface area (Å²) in [6.07, 6.45) is 4.98. The van der Waals surface area contributed by atoms with Gasteiger partial charge in [0, 0.05) is 19.6 Å². The van der Waals surface area contributed by atoms with Crippen molar-refractivity contribution < 1.29 is 9.84 Å². The zero-order valence-electron chi connectivity index (χ0n) is 10.9. The van der Waals surface area contributed by atoms with Gasteiger partial charge >= 0.3 is 0 Å². The SMILES string of the molecule is Cc1ccccc1OC[C@@H](O)CN1CC=CCC1. The topological polar surface area (TPSA) is 32.7 Å². The molecule has 2 rings (SSSR count). The molecule has 3 nitrogen and oxygen atoms in total. The van der Waals surface area contributed by atoms with Crippen LogP contribution in [-0.4, -0.2) is 42.4 Å². The summed E-state index contributed by atoms with van der Waals surface area (Å²) in [6, 6.07) is 7.88. The fourth-order valence-electron chi connectivity index (χ4n) is 2.11. The number of benzene rings is 1. The van der Waals surface area contributed by atoms with Crippen molar-refractivity contribution in [2.45, 2.75) is 19.4 Å². The lowest BCUT2D eigenvalue weighted by atomic mass is 10.2. The highest BCUT2D eigenvalue weighted by molar-refractivity contribution is 5.31. The van der Waals surface area contributed by atoms with E-state index in [1.54, 1.807) is 0 Å². The normalized spacial score (nSPS) is 17.7. The molecule has 0 unspecified atom stereocenters. The van der Waals surface area contributed by atoms with E-state index in [1.165, 1.54) is 0 Å². The van der Waals surface area contributed by atoms with Crippen LogP contribution < -0.4 is 4.74 Å². The first-order valence-electron chi connectivity index (χ1n) is 6.49. The molecule has 1 aromatic carbocycles. The largest absolute Gasteiger partial charge is 0.491 e. The van der Waals surface area contributed by atoms with Gasteiger partial charge in [-0.15, -0.1) is 0 Å². The summed E-state index contributed by atoms with van der Waals surface area (Å²) in [7, 11) is 0. The highest BCUT2D eigenvalue weighted by atomic mass is 16.5. The Morgan fingerprint density at radius 3 is 2.89 bits per heavy atom. The fourth-order valence-corrected chi connectivity index (χ4v) is 2.11. The minimum atomic E-state index is -0.434. The second-order valence-electron chi connectivity index (χ2n) is 4.75. The van der Waals surface area contributed by atoms with Gasteiger partial charge in [0.05, 0.1) is 0 Å². The fraction of sp³-hybridized carbons (Fsp3) is 0.467. The van der Waals surface area contributed by atoms with Gasteiger partial charge in [0.2, 0.25) is 0 Å². The minimum Gasteiger partial charge on any atom is -0.491 e. The molecule has 0 aliphatic carbocycles. The average Bonchev–Trinajstić information content (AvgIpc) is 2.39. The summed E-state index contributed by atoms with van der Waals surface area (Å²) in [6.45, 7) is 5.00. The van der Waals surface area contributed by atoms with Crippen molar-refractivity contribution in [3.05, 3.63) is 42.0 Å². The highest BCUT2D eigenvalue weighted by Gasteiger charge is 2.13. The van der Waals surface area contributed by atoms with E-state index in [4.69, 9.17) is 4.74 Å². The van der Waals surface area contributed by atoms with Crippen LogP contribution in [0.3, 0.4) is 0 Å². The molecule has 0 fully saturated rings. The van der Waals surface area contributed by atoms with Gasteiger partial charge in [0.25, 0.3) is 0 Å². The Balaban J connectivity index is 1.76. The summed E-state index contributed by atoms with van der Waals surface area (Å²) in [5.41, 5.74) is 1.10. The molecule has 18 heavy (non-hydrogen) atoms. The maximum Gasteiger partial charge on any atom is 0.122 e. The Morgan fingerprint density at radius 1 is 1.33 bits per heavy atom. The first kappa shape index (κ1) is 13.1. The second-order valence-corrected chi connectivity index (χ2v) is 4.75. The van der Waals surface area contributed by atoms with E-state index in [-0.39, 0.29) is 0 Å². The van der Waals surface area contributed by atoms with Crippen molar-refractivity contribution >= 4 is 0 Å². The first-order valence-corrected chi connectivity index (χ1v) is 6.49. The number of aryl methyl sites for hydroxylation is 1. The summed E-state index contributed by atoms with van der Waals surface area (Å²) < 4.78 is 5.65. The third-order valence-corrected chi connectivity index (χ3v) is 3.14. The van der Waals surface area contributed by atoms with Gasteiger partial charge in [-0.25, -0.2) is 0 Å². The number of rotatable bonds is 5. The number of β-amino-alcohol motifs (C(OH)–C–C–N with tert-alkyl or cyclic N) is 1. The maximum absolute atomic E-state index is 9.96. The Hall–Kier alpha value is -1.32. The molecule has 1 atom stereocenters. The molecule has 98 valence electrons. The molecule has 0 spiro atoms. The van der Waals surface area contributed by atoms with Crippen LogP contribution in [0.5, 0.6) is 5.75 Å². The molecule has 1 aliphatic rings. The Bertz CT molecular complexity index is 403. The van der Waals surface area contributed by atoms with E-state index in [2.05, 4.69) is 17.1 Å². The van der Waals surface area contributed by atoms with Crippen molar-refractivity contribution in [1.82, 2.24) is 4.90 Å². The molecule has 1 aromatic rings. The van der Waals surface area contributed by atoms with Crippen LogP contribution in [0, 0.1) is 6.92 Å². The van der Waals surface area contributed by atoms with E-state index in [0.29, 0.717) is 13.2 Å². The van der Waals surface area contributed by atoms with Crippen LogP contribution in [0.15, 0.2) is 36.4 Å². The third-order valence-electron chi connectivity index (χ3n) is 3.14. The molecule has 0 radical (unpaired) electrons. The number of hydrogen-bond donors (Lipinski definition) is 1. The number of hydrogen-bond acceptors (Lipinski definition) is 3. The van der Waals surface area contributed by atoms with Crippen LogP contribution >= 0.6 is 0 Å². The predicted molar refractivity (Wildman–Crippen MR) is 72.9 cm³/mol. The molecule has 1 N–H and O–H groups in total. The standard InChI is InChI=1S/C15H21NO2/c1-13-7-3-4-8-15(13)18-12-14(17)11-16-9-5-2-6-10-16/h2-5,7-8,14,17H,6,9-12H2,1H3/t14-/m0/s1. The van der Waals surface area contributed by atoms with Crippen molar-refractivity contribution in [2.75, 3.05) is 26.2 Å². The van der Waals surface area contributed by atoms with Crippen LogP contribution in [0.4, 0.5) is 0 Å². The van der Waals surface area contributed by atoms with E-state index in [0.717, 1.165) is 30.8 Å². The van der Waals surface area contributed by atoms with Gasteiger partial charge in [0.1, 0.15) is 18.5 Å². The van der Waals surface area contributed by atoms with Crippen molar-refractivity contribution in [2.24, 2.45) is 0 Å². The molecular formula is C15H21NO2. The quantitative estimate of drug-likeness (QED) is 0.808. The molecule has 1 aliphatic heterocycles. The number of nitrogens with zero attached hydrogens (tertiary/aromatic N) is 1. The van der Waals surface area contributed by atoms with Crippen molar-refractivity contribution in [1.29, 1.82) is 0 Å². The second kappa shape index (κ2) is 6.57. The third kappa shape index (κ3) is 3.86. The monoisotopic (exact) mass is 247 g/mol. The van der Waals surface area contributed by atoms with Gasteiger partial charge < -0.3 is 9.84 Å². The Morgan fingerprint density at radius 2 is 2.17 bits per heavy atom. The zero-order valence-corrected chi connectivity index (χ0v) is 10.9. The molecule has 0 bridgehead atoms. The summed E-state index contributed by atoms with van der Waals surface area (Å²) in [4.78, 5) is 2.24. The van der Waals surface area contributed by atoms with Crippen LogP contribution in [0.1, 0.15) is 12.0 Å². The molecule has 0 saturated heterocycles. The summed E-state index contributed by atoms with van der Waals surface area (Å²) >= 11 is 0. The van der Waals surface area contributed by atoms with E-state index in [1.807, 2.05) is 31.2 Å². The van der Waals surface area contributed by atoms with Gasteiger partial charge in [-0.05, 0) is 25.0 Å². The number of aliphatic hydroxyl groups is 1.